The van der Waals surface area contributed by atoms with Crippen LogP contribution < -0.4 is 10.2 Å². The summed E-state index contributed by atoms with van der Waals surface area (Å²) in [6.07, 6.45) is 0. The van der Waals surface area contributed by atoms with E-state index in [1.54, 1.807) is 11.9 Å². The van der Waals surface area contributed by atoms with Crippen LogP contribution in [0.2, 0.25) is 0 Å². The molecule has 0 saturated heterocycles. The summed E-state index contributed by atoms with van der Waals surface area (Å²) in [5.41, 5.74) is 4.22. The summed E-state index contributed by atoms with van der Waals surface area (Å²) in [5.74, 6) is 0. The number of benzene rings is 2. The van der Waals surface area contributed by atoms with Crippen molar-refractivity contribution < 1.29 is 4.79 Å². The van der Waals surface area contributed by atoms with E-state index >= 15 is 0 Å². The molecule has 0 atom stereocenters. The molecule has 3 rings (SSSR count). The van der Waals surface area contributed by atoms with Crippen LogP contribution in [0.25, 0.3) is 5.69 Å². The van der Waals surface area contributed by atoms with Gasteiger partial charge in [-0.25, -0.2) is 9.48 Å². The van der Waals surface area contributed by atoms with Crippen molar-refractivity contribution in [2.24, 2.45) is 0 Å². The van der Waals surface area contributed by atoms with Crippen LogP contribution in [0.1, 0.15) is 11.4 Å². The number of nitrogens with one attached hydrogen (secondary N) is 1. The average molecular weight is 320 g/mol. The number of carbonyl (C=O) groups excluding carboxylic acids is 1. The fourth-order valence-electron chi connectivity index (χ4n) is 2.60. The van der Waals surface area contributed by atoms with E-state index in [2.05, 4.69) is 10.4 Å². The number of rotatable bonds is 3. The maximum atomic E-state index is 12.5. The second-order valence-electron chi connectivity index (χ2n) is 5.62. The van der Waals surface area contributed by atoms with E-state index in [9.17, 15) is 4.79 Å². The summed E-state index contributed by atoms with van der Waals surface area (Å²) in [5, 5.41) is 7.52. The predicted octanol–water partition coefficient (Wildman–Crippen LogP) is 4.16. The van der Waals surface area contributed by atoms with E-state index in [-0.39, 0.29) is 6.03 Å². The minimum absolute atomic E-state index is 0.194. The minimum atomic E-state index is -0.194. The van der Waals surface area contributed by atoms with Crippen LogP contribution >= 0.6 is 0 Å². The van der Waals surface area contributed by atoms with Crippen LogP contribution in [0.3, 0.4) is 0 Å². The van der Waals surface area contributed by atoms with Crippen molar-refractivity contribution in [3.8, 4) is 5.69 Å². The average Bonchev–Trinajstić information content (AvgIpc) is 2.90. The zero-order chi connectivity index (χ0) is 17.1. The number of para-hydroxylation sites is 2. The van der Waals surface area contributed by atoms with Crippen molar-refractivity contribution in [3.63, 3.8) is 0 Å². The number of anilines is 2. The second kappa shape index (κ2) is 6.58. The van der Waals surface area contributed by atoms with Crippen LogP contribution in [-0.4, -0.2) is 22.9 Å². The number of aromatic nitrogens is 2. The number of hydrogen-bond acceptors (Lipinski definition) is 2. The molecule has 0 spiro atoms. The molecule has 122 valence electrons. The lowest BCUT2D eigenvalue weighted by molar-refractivity contribution is 0.258. The highest BCUT2D eigenvalue weighted by Crippen LogP contribution is 2.23. The molecule has 5 heteroatoms. The number of hydrogen-bond donors (Lipinski definition) is 1. The quantitative estimate of drug-likeness (QED) is 0.788. The number of urea groups is 1. The maximum Gasteiger partial charge on any atom is 0.326 e. The SMILES string of the molecule is Cc1nn(-c2ccccc2)c(C)c1NC(=O)N(C)c1ccccc1. The van der Waals surface area contributed by atoms with Crippen LogP contribution in [0.15, 0.2) is 60.7 Å². The normalized spacial score (nSPS) is 10.5. The molecule has 1 aromatic heterocycles. The van der Waals surface area contributed by atoms with E-state index in [4.69, 9.17) is 0 Å². The van der Waals surface area contributed by atoms with Crippen LogP contribution in [0, 0.1) is 13.8 Å². The molecule has 0 unspecified atom stereocenters. The fourth-order valence-corrected chi connectivity index (χ4v) is 2.60. The zero-order valence-corrected chi connectivity index (χ0v) is 14.0. The highest BCUT2D eigenvalue weighted by Gasteiger charge is 2.17. The third-order valence-electron chi connectivity index (χ3n) is 3.97. The molecular weight excluding hydrogens is 300 g/mol. The Bertz CT molecular complexity index is 841. The van der Waals surface area contributed by atoms with Crippen LogP contribution in [-0.2, 0) is 0 Å². The standard InChI is InChI=1S/C19H20N4O/c1-14-18(15(2)23(21-14)17-12-8-5-9-13-17)20-19(24)22(3)16-10-6-4-7-11-16/h4-13H,1-3H3,(H,20,24). The maximum absolute atomic E-state index is 12.5. The first-order chi connectivity index (χ1) is 11.6. The Hall–Kier alpha value is -3.08. The van der Waals surface area contributed by atoms with Gasteiger partial charge in [0.1, 0.15) is 0 Å². The molecule has 0 radical (unpaired) electrons. The van der Waals surface area contributed by atoms with Crippen molar-refractivity contribution in [1.29, 1.82) is 0 Å². The molecule has 0 aliphatic heterocycles. The van der Waals surface area contributed by atoms with Gasteiger partial charge in [-0.1, -0.05) is 36.4 Å². The summed E-state index contributed by atoms with van der Waals surface area (Å²) in [6.45, 7) is 3.84. The number of nitrogens with zero attached hydrogens (tertiary/aromatic N) is 3. The van der Waals surface area contributed by atoms with Gasteiger partial charge >= 0.3 is 6.03 Å². The third-order valence-corrected chi connectivity index (χ3v) is 3.97. The van der Waals surface area contributed by atoms with Gasteiger partial charge in [-0.05, 0) is 38.1 Å². The highest BCUT2D eigenvalue weighted by atomic mass is 16.2. The Morgan fingerprint density at radius 3 is 2.21 bits per heavy atom. The van der Waals surface area contributed by atoms with Gasteiger partial charge in [0, 0.05) is 12.7 Å². The Kier molecular flexibility index (Phi) is 4.33. The largest absolute Gasteiger partial charge is 0.326 e. The molecule has 0 saturated carbocycles. The van der Waals surface area contributed by atoms with Crippen LogP contribution in [0.5, 0.6) is 0 Å². The van der Waals surface area contributed by atoms with Crippen LogP contribution in [0.4, 0.5) is 16.2 Å². The van der Waals surface area contributed by atoms with E-state index < -0.39 is 0 Å². The van der Waals surface area contributed by atoms with Gasteiger partial charge in [0.05, 0.1) is 22.8 Å². The molecule has 5 nitrogen and oxygen atoms in total. The van der Waals surface area contributed by atoms with Crippen molar-refractivity contribution >= 4 is 17.4 Å². The van der Waals surface area contributed by atoms with Crippen molar-refractivity contribution in [3.05, 3.63) is 72.1 Å². The summed E-state index contributed by atoms with van der Waals surface area (Å²) in [4.78, 5) is 14.1. The summed E-state index contributed by atoms with van der Waals surface area (Å²) < 4.78 is 1.84. The topological polar surface area (TPSA) is 50.2 Å². The van der Waals surface area contributed by atoms with E-state index in [1.165, 1.54) is 0 Å². The Morgan fingerprint density at radius 2 is 1.58 bits per heavy atom. The lowest BCUT2D eigenvalue weighted by Crippen LogP contribution is -2.31. The van der Waals surface area contributed by atoms with Gasteiger partial charge in [-0.2, -0.15) is 5.10 Å². The highest BCUT2D eigenvalue weighted by molar-refractivity contribution is 6.02. The summed E-state index contributed by atoms with van der Waals surface area (Å²) >= 11 is 0. The monoisotopic (exact) mass is 320 g/mol. The van der Waals surface area contributed by atoms with Gasteiger partial charge in [0.25, 0.3) is 0 Å². The lowest BCUT2D eigenvalue weighted by Gasteiger charge is -2.18. The fraction of sp³-hybridized carbons (Fsp3) is 0.158. The van der Waals surface area contributed by atoms with Crippen molar-refractivity contribution in [1.82, 2.24) is 9.78 Å². The molecular formula is C19H20N4O. The molecule has 24 heavy (non-hydrogen) atoms. The minimum Gasteiger partial charge on any atom is -0.304 e. The first kappa shape index (κ1) is 15.8. The molecule has 0 fully saturated rings. The van der Waals surface area contributed by atoms with E-state index in [0.717, 1.165) is 28.5 Å². The molecule has 0 aliphatic rings. The number of aryl methyl sites for hydroxylation is 1. The predicted molar refractivity (Wildman–Crippen MR) is 96.9 cm³/mol. The molecule has 1 heterocycles. The summed E-state index contributed by atoms with van der Waals surface area (Å²) in [6, 6.07) is 19.2. The first-order valence-electron chi connectivity index (χ1n) is 7.79. The van der Waals surface area contributed by atoms with Crippen molar-refractivity contribution in [2.45, 2.75) is 13.8 Å². The second-order valence-corrected chi connectivity index (χ2v) is 5.62. The van der Waals surface area contributed by atoms with Gasteiger partial charge in [0.15, 0.2) is 0 Å². The molecule has 2 aromatic carbocycles. The van der Waals surface area contributed by atoms with Gasteiger partial charge in [-0.15, -0.1) is 0 Å². The smallest absolute Gasteiger partial charge is 0.304 e. The lowest BCUT2D eigenvalue weighted by atomic mass is 10.3. The van der Waals surface area contributed by atoms with E-state index in [1.807, 2.05) is 79.2 Å². The molecule has 0 bridgehead atoms. The van der Waals surface area contributed by atoms with E-state index in [0.29, 0.717) is 0 Å². The first-order valence-corrected chi connectivity index (χ1v) is 7.79. The molecule has 2 amide bonds. The Balaban J connectivity index is 1.86. The number of amides is 2. The zero-order valence-electron chi connectivity index (χ0n) is 14.0. The molecule has 3 aromatic rings. The number of carbonyl (C=O) groups is 1. The van der Waals surface area contributed by atoms with Gasteiger partial charge in [-0.3, -0.25) is 4.90 Å². The van der Waals surface area contributed by atoms with Crippen molar-refractivity contribution in [2.75, 3.05) is 17.3 Å². The summed E-state index contributed by atoms with van der Waals surface area (Å²) in [7, 11) is 1.75. The van der Waals surface area contributed by atoms with Gasteiger partial charge < -0.3 is 5.32 Å². The third kappa shape index (κ3) is 3.01. The Labute approximate surface area is 141 Å². The molecule has 0 aliphatic carbocycles. The Morgan fingerprint density at radius 1 is 1.00 bits per heavy atom. The molecule has 1 N–H and O–H groups in total. The van der Waals surface area contributed by atoms with Gasteiger partial charge in [0.2, 0.25) is 0 Å².